The Morgan fingerprint density at radius 2 is 1.62 bits per heavy atom. The largest absolute Gasteiger partial charge is 0.492 e. The van der Waals surface area contributed by atoms with Gasteiger partial charge < -0.3 is 25.6 Å². The molecule has 3 N–H and O–H groups in total. The highest BCUT2D eigenvalue weighted by Gasteiger charge is 2.09. The van der Waals surface area contributed by atoms with Gasteiger partial charge in [0.05, 0.1) is 12.3 Å². The van der Waals surface area contributed by atoms with Crippen molar-refractivity contribution < 1.29 is 9.53 Å². The first-order valence-electron chi connectivity index (χ1n) is 10.8. The Labute approximate surface area is 189 Å². The van der Waals surface area contributed by atoms with Crippen LogP contribution in [0.4, 0.5) is 33.6 Å². The first-order chi connectivity index (χ1) is 15.5. The number of aryl methyl sites for hydroxylation is 1. The van der Waals surface area contributed by atoms with Gasteiger partial charge in [0.15, 0.2) is 0 Å². The third-order valence-electron chi connectivity index (χ3n) is 4.76. The van der Waals surface area contributed by atoms with E-state index in [1.165, 1.54) is 0 Å². The van der Waals surface area contributed by atoms with Crippen LogP contribution in [0, 0.1) is 6.92 Å². The van der Waals surface area contributed by atoms with E-state index in [4.69, 9.17) is 4.74 Å². The van der Waals surface area contributed by atoms with Gasteiger partial charge in [-0.15, -0.1) is 0 Å². The maximum absolute atomic E-state index is 12.4. The minimum atomic E-state index is -0.344. The zero-order valence-electron chi connectivity index (χ0n) is 19.0. The number of nitrogens with one attached hydrogen (secondary N) is 3. The average molecular weight is 435 g/mol. The van der Waals surface area contributed by atoms with Crippen molar-refractivity contribution in [2.75, 3.05) is 40.5 Å². The highest BCUT2D eigenvalue weighted by atomic mass is 16.5. The van der Waals surface area contributed by atoms with E-state index in [-0.39, 0.29) is 6.03 Å². The lowest BCUT2D eigenvalue weighted by atomic mass is 10.2. The van der Waals surface area contributed by atoms with Crippen LogP contribution in [0.5, 0.6) is 5.75 Å². The van der Waals surface area contributed by atoms with E-state index in [1.807, 2.05) is 62.4 Å². The maximum atomic E-state index is 12.4. The summed E-state index contributed by atoms with van der Waals surface area (Å²) >= 11 is 0. The molecule has 0 aliphatic heterocycles. The molecule has 0 saturated carbocycles. The average Bonchev–Trinajstić information content (AvgIpc) is 2.77. The zero-order chi connectivity index (χ0) is 22.9. The van der Waals surface area contributed by atoms with Crippen LogP contribution in [-0.2, 0) is 0 Å². The number of ether oxygens (including phenoxy) is 1. The number of rotatable bonds is 9. The van der Waals surface area contributed by atoms with Crippen molar-refractivity contribution in [1.29, 1.82) is 0 Å². The molecule has 0 fully saturated rings. The highest BCUT2D eigenvalue weighted by Crippen LogP contribution is 2.24. The fourth-order valence-electron chi connectivity index (χ4n) is 3.22. The molecule has 0 radical (unpaired) electrons. The van der Waals surface area contributed by atoms with Crippen LogP contribution in [0.2, 0.25) is 0 Å². The van der Waals surface area contributed by atoms with E-state index in [9.17, 15) is 4.79 Å². The van der Waals surface area contributed by atoms with Gasteiger partial charge in [0.2, 0.25) is 5.95 Å². The molecule has 32 heavy (non-hydrogen) atoms. The molecule has 168 valence electrons. The van der Waals surface area contributed by atoms with Gasteiger partial charge in [0.25, 0.3) is 0 Å². The molecule has 0 aliphatic rings. The van der Waals surface area contributed by atoms with Gasteiger partial charge in [-0.05, 0) is 64.1 Å². The van der Waals surface area contributed by atoms with Crippen molar-refractivity contribution in [3.63, 3.8) is 0 Å². The molecule has 0 spiro atoms. The van der Waals surface area contributed by atoms with Gasteiger partial charge in [0, 0.05) is 36.2 Å². The second-order valence-corrected chi connectivity index (χ2v) is 7.07. The number of anilines is 5. The zero-order valence-corrected chi connectivity index (χ0v) is 19.0. The minimum Gasteiger partial charge on any atom is -0.492 e. The fourth-order valence-corrected chi connectivity index (χ4v) is 3.22. The van der Waals surface area contributed by atoms with Crippen LogP contribution in [0.1, 0.15) is 26.5 Å². The van der Waals surface area contributed by atoms with Gasteiger partial charge in [-0.2, -0.15) is 4.98 Å². The molecule has 3 rings (SSSR count). The van der Waals surface area contributed by atoms with Crippen molar-refractivity contribution in [1.82, 2.24) is 9.97 Å². The van der Waals surface area contributed by atoms with Crippen LogP contribution in [-0.4, -0.2) is 35.7 Å². The van der Waals surface area contributed by atoms with Crippen molar-refractivity contribution in [3.8, 4) is 5.75 Å². The molecule has 1 aromatic heterocycles. The smallest absolute Gasteiger partial charge is 0.323 e. The Morgan fingerprint density at radius 3 is 2.31 bits per heavy atom. The molecule has 2 amide bonds. The molecule has 0 bridgehead atoms. The molecule has 2 aromatic carbocycles. The van der Waals surface area contributed by atoms with Gasteiger partial charge in [-0.1, -0.05) is 12.1 Å². The summed E-state index contributed by atoms with van der Waals surface area (Å²) in [5.74, 6) is 2.07. The highest BCUT2D eigenvalue weighted by molar-refractivity contribution is 6.00. The summed E-state index contributed by atoms with van der Waals surface area (Å²) in [6.07, 6.45) is 0. The first-order valence-corrected chi connectivity index (χ1v) is 10.8. The fraction of sp³-hybridized carbons (Fsp3) is 0.292. The van der Waals surface area contributed by atoms with E-state index < -0.39 is 0 Å². The molecule has 0 aliphatic carbocycles. The van der Waals surface area contributed by atoms with Gasteiger partial charge in [-0.3, -0.25) is 0 Å². The Balaban J connectivity index is 1.64. The molecular weight excluding hydrogens is 404 g/mol. The lowest BCUT2D eigenvalue weighted by Gasteiger charge is -2.20. The number of carbonyl (C=O) groups excluding carboxylic acids is 1. The molecule has 0 atom stereocenters. The van der Waals surface area contributed by atoms with Crippen molar-refractivity contribution in [2.45, 2.75) is 27.7 Å². The van der Waals surface area contributed by atoms with Crippen LogP contribution >= 0.6 is 0 Å². The Bertz CT molecular complexity index is 1030. The predicted molar refractivity (Wildman–Crippen MR) is 130 cm³/mol. The normalized spacial score (nSPS) is 10.4. The summed E-state index contributed by atoms with van der Waals surface area (Å²) in [6, 6.07) is 16.3. The number of carbonyl (C=O) groups is 1. The molecule has 8 nitrogen and oxygen atoms in total. The molecule has 0 unspecified atom stereocenters. The van der Waals surface area contributed by atoms with Crippen molar-refractivity contribution >= 4 is 34.9 Å². The SMILES string of the molecule is CCOc1ccccc1NC(=O)Nc1ccc(Nc2nc(C)cc(N(CC)CC)n2)cc1. The van der Waals surface area contributed by atoms with Crippen LogP contribution < -0.4 is 25.6 Å². The third-order valence-corrected chi connectivity index (χ3v) is 4.76. The second-order valence-electron chi connectivity index (χ2n) is 7.07. The molecule has 0 saturated heterocycles. The summed E-state index contributed by atoms with van der Waals surface area (Å²) in [7, 11) is 0. The van der Waals surface area contributed by atoms with Crippen molar-refractivity contribution in [2.24, 2.45) is 0 Å². The van der Waals surface area contributed by atoms with E-state index in [0.717, 1.165) is 30.3 Å². The number of benzene rings is 2. The second kappa shape index (κ2) is 11.0. The van der Waals surface area contributed by atoms with Crippen LogP contribution in [0.25, 0.3) is 0 Å². The first kappa shape index (κ1) is 22.9. The number of amides is 2. The minimum absolute atomic E-state index is 0.344. The molecule has 3 aromatic rings. The third kappa shape index (κ3) is 6.10. The number of nitrogens with zero attached hydrogens (tertiary/aromatic N) is 3. The Kier molecular flexibility index (Phi) is 7.85. The summed E-state index contributed by atoms with van der Waals surface area (Å²) in [5, 5.41) is 8.88. The maximum Gasteiger partial charge on any atom is 0.323 e. The summed E-state index contributed by atoms with van der Waals surface area (Å²) in [6.45, 7) is 10.3. The van der Waals surface area contributed by atoms with E-state index in [1.54, 1.807) is 6.07 Å². The van der Waals surface area contributed by atoms with Crippen LogP contribution in [0.3, 0.4) is 0 Å². The Hall–Kier alpha value is -3.81. The van der Waals surface area contributed by atoms with Gasteiger partial charge in [-0.25, -0.2) is 9.78 Å². The topological polar surface area (TPSA) is 91.4 Å². The number of para-hydroxylation sites is 2. The quantitative estimate of drug-likeness (QED) is 0.417. The molecule has 8 heteroatoms. The van der Waals surface area contributed by atoms with E-state index in [2.05, 4.69) is 44.7 Å². The number of hydrogen-bond donors (Lipinski definition) is 3. The van der Waals surface area contributed by atoms with Crippen molar-refractivity contribution in [3.05, 3.63) is 60.3 Å². The lowest BCUT2D eigenvalue weighted by molar-refractivity contribution is 0.262. The van der Waals surface area contributed by atoms with E-state index in [0.29, 0.717) is 29.7 Å². The monoisotopic (exact) mass is 434 g/mol. The standard InChI is InChI=1S/C24H30N6O2/c1-5-30(6-2)22-16-17(4)25-23(29-22)26-18-12-14-19(15-13-18)27-24(31)28-20-10-8-9-11-21(20)32-7-3/h8-16H,5-7H2,1-4H3,(H,25,26,29)(H2,27,28,31). The summed E-state index contributed by atoms with van der Waals surface area (Å²) in [5.41, 5.74) is 3.00. The predicted octanol–water partition coefficient (Wildman–Crippen LogP) is 5.42. The van der Waals surface area contributed by atoms with E-state index >= 15 is 0 Å². The number of urea groups is 1. The van der Waals surface area contributed by atoms with Gasteiger partial charge in [0.1, 0.15) is 11.6 Å². The molecule has 1 heterocycles. The number of hydrogen-bond acceptors (Lipinski definition) is 6. The summed E-state index contributed by atoms with van der Waals surface area (Å²) in [4.78, 5) is 23.7. The summed E-state index contributed by atoms with van der Waals surface area (Å²) < 4.78 is 5.54. The lowest BCUT2D eigenvalue weighted by Crippen LogP contribution is -2.23. The molecular formula is C24H30N6O2. The Morgan fingerprint density at radius 1 is 0.938 bits per heavy atom. The number of aromatic nitrogens is 2. The van der Waals surface area contributed by atoms with Gasteiger partial charge >= 0.3 is 6.03 Å². The van der Waals surface area contributed by atoms with Crippen LogP contribution in [0.15, 0.2) is 54.6 Å².